The Labute approximate surface area is 105 Å². The monoisotopic (exact) mass is 253 g/mol. The van der Waals surface area contributed by atoms with Gasteiger partial charge in [-0.25, -0.2) is 4.39 Å². The summed E-state index contributed by atoms with van der Waals surface area (Å²) in [6.45, 7) is 2.30. The highest BCUT2D eigenvalue weighted by molar-refractivity contribution is 5.34. The summed E-state index contributed by atoms with van der Waals surface area (Å²) in [5.74, 6) is -0.503. The van der Waals surface area contributed by atoms with Crippen LogP contribution in [0.3, 0.4) is 0 Å². The third-order valence-electron chi connectivity index (χ3n) is 3.32. The third kappa shape index (κ3) is 2.83. The van der Waals surface area contributed by atoms with Gasteiger partial charge in [-0.2, -0.15) is 0 Å². The van der Waals surface area contributed by atoms with Crippen molar-refractivity contribution in [1.82, 2.24) is 10.2 Å². The summed E-state index contributed by atoms with van der Waals surface area (Å²) in [7, 11) is 1.92. The topological polar surface area (TPSA) is 58.4 Å². The van der Waals surface area contributed by atoms with Gasteiger partial charge in [0.2, 0.25) is 0 Å². The number of nitro benzene ring substituents is 1. The lowest BCUT2D eigenvalue weighted by Crippen LogP contribution is -2.29. The van der Waals surface area contributed by atoms with Gasteiger partial charge in [-0.3, -0.25) is 15.0 Å². The molecule has 1 heterocycles. The van der Waals surface area contributed by atoms with E-state index in [0.717, 1.165) is 25.6 Å². The zero-order valence-corrected chi connectivity index (χ0v) is 10.2. The van der Waals surface area contributed by atoms with E-state index >= 15 is 0 Å². The molecule has 1 aromatic rings. The second-order valence-corrected chi connectivity index (χ2v) is 4.54. The van der Waals surface area contributed by atoms with Crippen LogP contribution in [0.2, 0.25) is 0 Å². The molecule has 18 heavy (non-hydrogen) atoms. The standard InChI is InChI=1S/C12H16FN3O2/c1-14-10-4-5-15(8-10)7-9-2-3-11(16(17)18)6-12(9)13/h2-3,6,10,14H,4-5,7-8H2,1H3. The van der Waals surface area contributed by atoms with E-state index in [0.29, 0.717) is 18.2 Å². The molecule has 0 saturated carbocycles. The summed E-state index contributed by atoms with van der Waals surface area (Å²) < 4.78 is 13.7. The van der Waals surface area contributed by atoms with E-state index in [1.807, 2.05) is 7.05 Å². The zero-order valence-electron chi connectivity index (χ0n) is 10.2. The summed E-state index contributed by atoms with van der Waals surface area (Å²) in [4.78, 5) is 12.1. The Kier molecular flexibility index (Phi) is 3.88. The van der Waals surface area contributed by atoms with Crippen molar-refractivity contribution in [3.8, 4) is 0 Å². The molecule has 1 aliphatic rings. The Morgan fingerprint density at radius 2 is 2.39 bits per heavy atom. The summed E-state index contributed by atoms with van der Waals surface area (Å²) in [6, 6.07) is 4.29. The molecule has 0 bridgehead atoms. The number of likely N-dealkylation sites (tertiary alicyclic amines) is 1. The number of halogens is 1. The maximum atomic E-state index is 13.7. The van der Waals surface area contributed by atoms with Gasteiger partial charge in [-0.15, -0.1) is 0 Å². The highest BCUT2D eigenvalue weighted by Gasteiger charge is 2.22. The molecule has 6 heteroatoms. The predicted molar refractivity (Wildman–Crippen MR) is 65.8 cm³/mol. The van der Waals surface area contributed by atoms with E-state index in [4.69, 9.17) is 0 Å². The Hall–Kier alpha value is -1.53. The Morgan fingerprint density at radius 1 is 1.61 bits per heavy atom. The SMILES string of the molecule is CNC1CCN(Cc2ccc([N+](=O)[O-])cc2F)C1. The van der Waals surface area contributed by atoms with Crippen molar-refractivity contribution in [3.63, 3.8) is 0 Å². The average molecular weight is 253 g/mol. The molecule has 98 valence electrons. The maximum absolute atomic E-state index is 13.7. The fourth-order valence-corrected chi connectivity index (χ4v) is 2.23. The quantitative estimate of drug-likeness (QED) is 0.653. The number of hydrogen-bond acceptors (Lipinski definition) is 4. The number of nitro groups is 1. The lowest BCUT2D eigenvalue weighted by Gasteiger charge is -2.16. The van der Waals surface area contributed by atoms with Crippen molar-refractivity contribution in [1.29, 1.82) is 0 Å². The Morgan fingerprint density at radius 3 is 2.94 bits per heavy atom. The van der Waals surface area contributed by atoms with E-state index in [1.54, 1.807) is 0 Å². The molecule has 1 aliphatic heterocycles. The van der Waals surface area contributed by atoms with Crippen molar-refractivity contribution >= 4 is 5.69 Å². The molecule has 0 aromatic heterocycles. The number of hydrogen-bond donors (Lipinski definition) is 1. The number of nitrogens with one attached hydrogen (secondary N) is 1. The summed E-state index contributed by atoms with van der Waals surface area (Å²) in [5, 5.41) is 13.7. The van der Waals surface area contributed by atoms with E-state index in [-0.39, 0.29) is 5.69 Å². The Bertz CT molecular complexity index is 453. The van der Waals surface area contributed by atoms with Crippen LogP contribution in [0.1, 0.15) is 12.0 Å². The second-order valence-electron chi connectivity index (χ2n) is 4.54. The van der Waals surface area contributed by atoms with Gasteiger partial charge >= 0.3 is 0 Å². The predicted octanol–water partition coefficient (Wildman–Crippen LogP) is 1.53. The van der Waals surface area contributed by atoms with Crippen molar-refractivity contribution in [3.05, 3.63) is 39.7 Å². The molecule has 0 amide bonds. The van der Waals surface area contributed by atoms with Gasteiger partial charge in [-0.05, 0) is 19.5 Å². The number of non-ortho nitro benzene ring substituents is 1. The molecule has 1 fully saturated rings. The minimum Gasteiger partial charge on any atom is -0.316 e. The highest BCUT2D eigenvalue weighted by atomic mass is 19.1. The fourth-order valence-electron chi connectivity index (χ4n) is 2.23. The molecule has 1 N–H and O–H groups in total. The van der Waals surface area contributed by atoms with E-state index in [9.17, 15) is 14.5 Å². The number of nitrogens with zero attached hydrogens (tertiary/aromatic N) is 2. The smallest absolute Gasteiger partial charge is 0.272 e. The first-order valence-corrected chi connectivity index (χ1v) is 5.92. The molecule has 0 radical (unpaired) electrons. The van der Waals surface area contributed by atoms with Crippen LogP contribution in [0.4, 0.5) is 10.1 Å². The van der Waals surface area contributed by atoms with Gasteiger partial charge < -0.3 is 5.32 Å². The molecule has 1 aromatic carbocycles. The van der Waals surface area contributed by atoms with Crippen LogP contribution >= 0.6 is 0 Å². The Balaban J connectivity index is 2.04. The molecular weight excluding hydrogens is 237 g/mol. The van der Waals surface area contributed by atoms with E-state index in [2.05, 4.69) is 10.2 Å². The lowest BCUT2D eigenvalue weighted by atomic mass is 10.2. The molecule has 0 spiro atoms. The summed E-state index contributed by atoms with van der Waals surface area (Å²) >= 11 is 0. The van der Waals surface area contributed by atoms with Gasteiger partial charge in [0.1, 0.15) is 5.82 Å². The van der Waals surface area contributed by atoms with Gasteiger partial charge in [0, 0.05) is 37.3 Å². The minimum atomic E-state index is -0.584. The number of likely N-dealkylation sites (N-methyl/N-ethyl adjacent to an activating group) is 1. The first kappa shape index (κ1) is 12.9. The third-order valence-corrected chi connectivity index (χ3v) is 3.32. The zero-order chi connectivity index (χ0) is 13.1. The van der Waals surface area contributed by atoms with Crippen LogP contribution in [0.15, 0.2) is 18.2 Å². The normalized spacial score (nSPS) is 20.2. The van der Waals surface area contributed by atoms with Crippen LogP contribution < -0.4 is 5.32 Å². The van der Waals surface area contributed by atoms with Crippen molar-refractivity contribution in [2.75, 3.05) is 20.1 Å². The van der Waals surface area contributed by atoms with Gasteiger partial charge in [0.25, 0.3) is 5.69 Å². The number of rotatable bonds is 4. The second kappa shape index (κ2) is 5.41. The molecule has 2 rings (SSSR count). The molecule has 1 saturated heterocycles. The van der Waals surface area contributed by atoms with Crippen molar-refractivity contribution in [2.24, 2.45) is 0 Å². The van der Waals surface area contributed by atoms with Crippen LogP contribution in [0.25, 0.3) is 0 Å². The fraction of sp³-hybridized carbons (Fsp3) is 0.500. The highest BCUT2D eigenvalue weighted by Crippen LogP contribution is 2.19. The minimum absolute atomic E-state index is 0.203. The summed E-state index contributed by atoms with van der Waals surface area (Å²) in [5.41, 5.74) is 0.308. The molecule has 0 aliphatic carbocycles. The van der Waals surface area contributed by atoms with Crippen LogP contribution in [-0.2, 0) is 6.54 Å². The lowest BCUT2D eigenvalue weighted by molar-refractivity contribution is -0.385. The maximum Gasteiger partial charge on any atom is 0.272 e. The first-order valence-electron chi connectivity index (χ1n) is 5.92. The molecule has 5 nitrogen and oxygen atoms in total. The first-order chi connectivity index (χ1) is 8.60. The largest absolute Gasteiger partial charge is 0.316 e. The van der Waals surface area contributed by atoms with Crippen LogP contribution in [-0.4, -0.2) is 36.0 Å². The van der Waals surface area contributed by atoms with Crippen LogP contribution in [0, 0.1) is 15.9 Å². The molecule has 1 atom stereocenters. The van der Waals surface area contributed by atoms with Gasteiger partial charge in [0.05, 0.1) is 11.0 Å². The van der Waals surface area contributed by atoms with E-state index in [1.165, 1.54) is 12.1 Å². The summed E-state index contributed by atoms with van der Waals surface area (Å²) in [6.07, 6.45) is 1.05. The average Bonchev–Trinajstić information content (AvgIpc) is 2.79. The van der Waals surface area contributed by atoms with Crippen molar-refractivity contribution in [2.45, 2.75) is 19.0 Å². The van der Waals surface area contributed by atoms with E-state index < -0.39 is 10.7 Å². The molecule has 1 unspecified atom stereocenters. The van der Waals surface area contributed by atoms with Gasteiger partial charge in [-0.1, -0.05) is 0 Å². The molecular formula is C12H16FN3O2. The van der Waals surface area contributed by atoms with Crippen LogP contribution in [0.5, 0.6) is 0 Å². The van der Waals surface area contributed by atoms with Gasteiger partial charge in [0.15, 0.2) is 0 Å². The number of benzene rings is 1. The van der Waals surface area contributed by atoms with Crippen molar-refractivity contribution < 1.29 is 9.31 Å².